The lowest BCUT2D eigenvalue weighted by Gasteiger charge is -2.16. The van der Waals surface area contributed by atoms with Crippen LogP contribution in [0.1, 0.15) is 44.9 Å². The third kappa shape index (κ3) is 4.18. The Morgan fingerprint density at radius 3 is 2.79 bits per heavy atom. The fourth-order valence-corrected chi connectivity index (χ4v) is 3.94. The van der Waals surface area contributed by atoms with Gasteiger partial charge in [-0.15, -0.1) is 11.3 Å². The molecule has 1 heterocycles. The first-order valence-electron chi connectivity index (χ1n) is 7.63. The van der Waals surface area contributed by atoms with Crippen LogP contribution in [0.5, 0.6) is 0 Å². The van der Waals surface area contributed by atoms with E-state index in [9.17, 15) is 0 Å². The second-order valence-corrected chi connectivity index (χ2v) is 6.79. The fourth-order valence-electron chi connectivity index (χ4n) is 2.93. The van der Waals surface area contributed by atoms with E-state index in [0.717, 1.165) is 36.6 Å². The van der Waals surface area contributed by atoms with Gasteiger partial charge < -0.3 is 10.2 Å². The molecule has 1 fully saturated rings. The highest BCUT2D eigenvalue weighted by atomic mass is 32.1. The lowest BCUT2D eigenvalue weighted by atomic mass is 10.1. The minimum atomic E-state index is 0.894. The zero-order valence-electron chi connectivity index (χ0n) is 12.5. The van der Waals surface area contributed by atoms with Gasteiger partial charge in [0.2, 0.25) is 0 Å². The highest BCUT2D eigenvalue weighted by Crippen LogP contribution is 2.29. The van der Waals surface area contributed by atoms with Gasteiger partial charge in [0.15, 0.2) is 5.13 Å². The number of nitrogens with one attached hydrogen (secondary N) is 1. The first-order valence-corrected chi connectivity index (χ1v) is 8.44. The van der Waals surface area contributed by atoms with E-state index in [4.69, 9.17) is 0 Å². The van der Waals surface area contributed by atoms with Crippen LogP contribution < -0.4 is 10.2 Å². The third-order valence-corrected chi connectivity index (χ3v) is 5.17. The van der Waals surface area contributed by atoms with E-state index in [-0.39, 0.29) is 0 Å². The van der Waals surface area contributed by atoms with Crippen molar-refractivity contribution in [2.45, 2.75) is 46.6 Å². The molecular formula is C15H27N3S. The van der Waals surface area contributed by atoms with Crippen molar-refractivity contribution < 1.29 is 0 Å². The molecule has 1 aliphatic carbocycles. The lowest BCUT2D eigenvalue weighted by Crippen LogP contribution is -2.21. The number of rotatable bonds is 7. The van der Waals surface area contributed by atoms with Crippen LogP contribution in [0.15, 0.2) is 6.20 Å². The monoisotopic (exact) mass is 281 g/mol. The van der Waals surface area contributed by atoms with Gasteiger partial charge in [-0.25, -0.2) is 4.98 Å². The average molecular weight is 281 g/mol. The summed E-state index contributed by atoms with van der Waals surface area (Å²) in [6.07, 6.45) is 6.25. The Morgan fingerprint density at radius 1 is 1.37 bits per heavy atom. The van der Waals surface area contributed by atoms with E-state index < -0.39 is 0 Å². The Kier molecular flexibility index (Phi) is 5.64. The maximum Gasteiger partial charge on any atom is 0.185 e. The van der Waals surface area contributed by atoms with Crippen molar-refractivity contribution >= 4 is 16.5 Å². The molecule has 2 unspecified atom stereocenters. The smallest absolute Gasteiger partial charge is 0.185 e. The molecular weight excluding hydrogens is 254 g/mol. The number of hydrogen-bond acceptors (Lipinski definition) is 4. The molecule has 1 aliphatic rings. The molecule has 1 aromatic rings. The SMILES string of the molecule is CCN(CC)c1ncc(CNCC2CCC(C)C2)s1. The maximum atomic E-state index is 4.53. The van der Waals surface area contributed by atoms with E-state index in [1.54, 1.807) is 0 Å². The first kappa shape index (κ1) is 14.8. The van der Waals surface area contributed by atoms with Crippen molar-refractivity contribution in [3.63, 3.8) is 0 Å². The first-order chi connectivity index (χ1) is 9.22. The summed E-state index contributed by atoms with van der Waals surface area (Å²) >= 11 is 1.83. The molecule has 0 radical (unpaired) electrons. The molecule has 3 nitrogen and oxygen atoms in total. The number of thiazole rings is 1. The molecule has 19 heavy (non-hydrogen) atoms. The predicted octanol–water partition coefficient (Wildman–Crippen LogP) is 3.52. The Morgan fingerprint density at radius 2 is 2.16 bits per heavy atom. The molecule has 1 N–H and O–H groups in total. The summed E-state index contributed by atoms with van der Waals surface area (Å²) in [6.45, 7) is 11.0. The fraction of sp³-hybridized carbons (Fsp3) is 0.800. The van der Waals surface area contributed by atoms with Gasteiger partial charge in [-0.05, 0) is 45.1 Å². The molecule has 0 aromatic carbocycles. The van der Waals surface area contributed by atoms with Crippen LogP contribution in [0.2, 0.25) is 0 Å². The molecule has 4 heteroatoms. The van der Waals surface area contributed by atoms with E-state index in [1.165, 1.54) is 30.7 Å². The van der Waals surface area contributed by atoms with Gasteiger partial charge >= 0.3 is 0 Å². The van der Waals surface area contributed by atoms with Crippen molar-refractivity contribution in [1.82, 2.24) is 10.3 Å². The Balaban J connectivity index is 1.74. The minimum Gasteiger partial charge on any atom is -0.349 e. The van der Waals surface area contributed by atoms with Crippen LogP contribution in [-0.2, 0) is 6.54 Å². The van der Waals surface area contributed by atoms with Gasteiger partial charge in [-0.1, -0.05) is 13.3 Å². The molecule has 1 aromatic heterocycles. The number of nitrogens with zero attached hydrogens (tertiary/aromatic N) is 2. The third-order valence-electron chi connectivity index (χ3n) is 4.11. The summed E-state index contributed by atoms with van der Waals surface area (Å²) in [4.78, 5) is 8.19. The van der Waals surface area contributed by atoms with Crippen molar-refractivity contribution in [1.29, 1.82) is 0 Å². The van der Waals surface area contributed by atoms with E-state index in [2.05, 4.69) is 36.0 Å². The molecule has 0 bridgehead atoms. The average Bonchev–Trinajstić information content (AvgIpc) is 3.01. The molecule has 0 amide bonds. The van der Waals surface area contributed by atoms with Crippen molar-refractivity contribution in [2.75, 3.05) is 24.5 Å². The standard InChI is InChI=1S/C15H27N3S/c1-4-18(5-2)15-17-11-14(19-15)10-16-9-13-7-6-12(3)8-13/h11-13,16H,4-10H2,1-3H3. The van der Waals surface area contributed by atoms with Crippen LogP contribution in [0.4, 0.5) is 5.13 Å². The quantitative estimate of drug-likeness (QED) is 0.829. The zero-order chi connectivity index (χ0) is 13.7. The van der Waals surface area contributed by atoms with E-state index in [1.807, 2.05) is 17.5 Å². The highest BCUT2D eigenvalue weighted by molar-refractivity contribution is 7.15. The number of anilines is 1. The van der Waals surface area contributed by atoms with Crippen molar-refractivity contribution in [3.05, 3.63) is 11.1 Å². The topological polar surface area (TPSA) is 28.2 Å². The Bertz CT molecular complexity index is 373. The summed E-state index contributed by atoms with van der Waals surface area (Å²) in [5.74, 6) is 1.83. The molecule has 2 atom stereocenters. The molecule has 0 spiro atoms. The number of aromatic nitrogens is 1. The highest BCUT2D eigenvalue weighted by Gasteiger charge is 2.20. The Labute approximate surface area is 121 Å². The van der Waals surface area contributed by atoms with Crippen LogP contribution >= 0.6 is 11.3 Å². The summed E-state index contributed by atoms with van der Waals surface area (Å²) < 4.78 is 0. The maximum absolute atomic E-state index is 4.53. The van der Waals surface area contributed by atoms with Gasteiger partial charge in [0.25, 0.3) is 0 Å². The van der Waals surface area contributed by atoms with Gasteiger partial charge in [-0.2, -0.15) is 0 Å². The van der Waals surface area contributed by atoms with Crippen LogP contribution in [0.3, 0.4) is 0 Å². The number of hydrogen-bond donors (Lipinski definition) is 1. The van der Waals surface area contributed by atoms with E-state index >= 15 is 0 Å². The molecule has 2 rings (SSSR count). The van der Waals surface area contributed by atoms with Crippen molar-refractivity contribution in [3.8, 4) is 0 Å². The molecule has 0 aliphatic heterocycles. The largest absolute Gasteiger partial charge is 0.349 e. The molecule has 0 saturated heterocycles. The zero-order valence-corrected chi connectivity index (χ0v) is 13.3. The summed E-state index contributed by atoms with van der Waals surface area (Å²) in [6, 6.07) is 0. The van der Waals surface area contributed by atoms with Crippen LogP contribution in [0.25, 0.3) is 0 Å². The summed E-state index contributed by atoms with van der Waals surface area (Å²) in [5, 5.41) is 4.77. The second-order valence-electron chi connectivity index (χ2n) is 5.70. The van der Waals surface area contributed by atoms with Gasteiger partial charge in [0.05, 0.1) is 0 Å². The van der Waals surface area contributed by atoms with Gasteiger partial charge in [0.1, 0.15) is 0 Å². The van der Waals surface area contributed by atoms with Gasteiger partial charge in [0, 0.05) is 30.7 Å². The predicted molar refractivity (Wildman–Crippen MR) is 83.9 cm³/mol. The molecule has 108 valence electrons. The van der Waals surface area contributed by atoms with E-state index in [0.29, 0.717) is 0 Å². The second kappa shape index (κ2) is 7.25. The van der Waals surface area contributed by atoms with Crippen LogP contribution in [0, 0.1) is 11.8 Å². The minimum absolute atomic E-state index is 0.894. The normalized spacial score (nSPS) is 22.9. The summed E-state index contributed by atoms with van der Waals surface area (Å²) in [7, 11) is 0. The molecule has 1 saturated carbocycles. The van der Waals surface area contributed by atoms with Crippen molar-refractivity contribution in [2.24, 2.45) is 11.8 Å². The Hall–Kier alpha value is -0.610. The summed E-state index contributed by atoms with van der Waals surface area (Å²) in [5.41, 5.74) is 0. The lowest BCUT2D eigenvalue weighted by molar-refractivity contribution is 0.472. The van der Waals surface area contributed by atoms with Gasteiger partial charge in [-0.3, -0.25) is 0 Å². The van der Waals surface area contributed by atoms with Crippen LogP contribution in [-0.4, -0.2) is 24.6 Å².